The number of nitrogens with two attached hydrogens (primary N) is 1. The molecule has 1 heterocycles. The number of likely N-dealkylation sites (tertiary alicyclic amines) is 1. The van der Waals surface area contributed by atoms with Gasteiger partial charge in [-0.3, -0.25) is 9.59 Å². The SMILES string of the molecule is CC1CCN(C2=C(S(=O)(=O)NCCc3ccc(S(N)(=O)=O)cc3)C(=O)c3ccccc3C2=O)CC1. The minimum absolute atomic E-state index is 0.0440. The molecule has 4 rings (SSSR count). The highest BCUT2D eigenvalue weighted by molar-refractivity contribution is 7.94. The van der Waals surface area contributed by atoms with Gasteiger partial charge in [-0.05, 0) is 42.9 Å². The Bertz CT molecular complexity index is 1410. The van der Waals surface area contributed by atoms with Gasteiger partial charge in [0, 0.05) is 30.8 Å². The maximum Gasteiger partial charge on any atom is 0.246 e. The van der Waals surface area contributed by atoms with Gasteiger partial charge >= 0.3 is 0 Å². The topological polar surface area (TPSA) is 144 Å². The number of hydrogen-bond donors (Lipinski definition) is 2. The lowest BCUT2D eigenvalue weighted by atomic mass is 9.90. The Kier molecular flexibility index (Phi) is 6.96. The number of piperidine rings is 1. The number of allylic oxidation sites excluding steroid dienone is 2. The highest BCUT2D eigenvalue weighted by Gasteiger charge is 2.41. The lowest BCUT2D eigenvalue weighted by molar-refractivity contribution is 0.0932. The van der Waals surface area contributed by atoms with E-state index in [9.17, 15) is 26.4 Å². The van der Waals surface area contributed by atoms with E-state index in [2.05, 4.69) is 11.6 Å². The summed E-state index contributed by atoms with van der Waals surface area (Å²) in [6.07, 6.45) is 1.83. The molecule has 3 N–H and O–H groups in total. The first-order chi connectivity index (χ1) is 16.5. The highest BCUT2D eigenvalue weighted by atomic mass is 32.2. The summed E-state index contributed by atoms with van der Waals surface area (Å²) in [5.41, 5.74) is 0.895. The predicted octanol–water partition coefficient (Wildman–Crippen LogP) is 1.82. The van der Waals surface area contributed by atoms with Crippen molar-refractivity contribution in [1.29, 1.82) is 0 Å². The molecule has 1 aliphatic carbocycles. The fraction of sp³-hybridized carbons (Fsp3) is 0.333. The number of fused-ring (bicyclic) bond motifs is 1. The van der Waals surface area contributed by atoms with Crippen molar-refractivity contribution in [1.82, 2.24) is 9.62 Å². The Morgan fingerprint density at radius 1 is 0.914 bits per heavy atom. The van der Waals surface area contributed by atoms with Gasteiger partial charge in [0.25, 0.3) is 0 Å². The average Bonchev–Trinajstić information content (AvgIpc) is 2.81. The van der Waals surface area contributed by atoms with Crippen LogP contribution in [0.4, 0.5) is 0 Å². The molecule has 0 spiro atoms. The van der Waals surface area contributed by atoms with Gasteiger partial charge in [0.1, 0.15) is 5.70 Å². The summed E-state index contributed by atoms with van der Waals surface area (Å²) in [7, 11) is -8.15. The minimum Gasteiger partial charge on any atom is -0.367 e. The third-order valence-corrected chi connectivity index (χ3v) is 8.81. The van der Waals surface area contributed by atoms with Crippen molar-refractivity contribution in [3.8, 4) is 0 Å². The number of nitrogens with zero attached hydrogens (tertiary/aromatic N) is 1. The Hall–Kier alpha value is -2.86. The molecule has 1 aliphatic heterocycles. The second-order valence-corrected chi connectivity index (χ2v) is 12.2. The molecule has 0 amide bonds. The van der Waals surface area contributed by atoms with Crippen molar-refractivity contribution in [3.63, 3.8) is 0 Å². The molecular formula is C24H27N3O6S2. The molecule has 1 fully saturated rings. The van der Waals surface area contributed by atoms with Gasteiger partial charge < -0.3 is 4.90 Å². The maximum absolute atomic E-state index is 13.4. The molecule has 2 aromatic carbocycles. The van der Waals surface area contributed by atoms with Crippen LogP contribution in [-0.2, 0) is 26.5 Å². The van der Waals surface area contributed by atoms with Gasteiger partial charge in [-0.1, -0.05) is 43.3 Å². The molecule has 1 saturated heterocycles. The molecule has 0 unspecified atom stereocenters. The first-order valence-electron chi connectivity index (χ1n) is 11.3. The van der Waals surface area contributed by atoms with Crippen LogP contribution in [0.1, 0.15) is 46.0 Å². The Balaban J connectivity index is 1.62. The van der Waals surface area contributed by atoms with Crippen LogP contribution in [0.25, 0.3) is 0 Å². The van der Waals surface area contributed by atoms with E-state index in [1.165, 1.54) is 18.2 Å². The van der Waals surface area contributed by atoms with Gasteiger partial charge in [0.05, 0.1) is 4.90 Å². The molecule has 0 aromatic heterocycles. The van der Waals surface area contributed by atoms with Gasteiger partial charge in [0.2, 0.25) is 31.6 Å². The van der Waals surface area contributed by atoms with Crippen LogP contribution in [0, 0.1) is 5.92 Å². The zero-order valence-electron chi connectivity index (χ0n) is 19.2. The minimum atomic E-state index is -4.32. The van der Waals surface area contributed by atoms with E-state index in [0.29, 0.717) is 24.6 Å². The summed E-state index contributed by atoms with van der Waals surface area (Å²) in [5.74, 6) is -0.708. The number of benzene rings is 2. The number of carbonyl (C=O) groups excluding carboxylic acids is 2. The Morgan fingerprint density at radius 2 is 1.49 bits per heavy atom. The van der Waals surface area contributed by atoms with E-state index in [1.807, 2.05) is 0 Å². The van der Waals surface area contributed by atoms with E-state index in [-0.39, 0.29) is 34.7 Å². The van der Waals surface area contributed by atoms with Crippen LogP contribution in [0.3, 0.4) is 0 Å². The lowest BCUT2D eigenvalue weighted by Gasteiger charge is -2.35. The predicted molar refractivity (Wildman–Crippen MR) is 131 cm³/mol. The molecule has 2 aliphatic rings. The zero-order valence-corrected chi connectivity index (χ0v) is 20.9. The summed E-state index contributed by atoms with van der Waals surface area (Å²) in [5, 5.41) is 5.10. The third kappa shape index (κ3) is 5.22. The van der Waals surface area contributed by atoms with Crippen LogP contribution >= 0.6 is 0 Å². The fourth-order valence-electron chi connectivity index (χ4n) is 4.36. The quantitative estimate of drug-likeness (QED) is 0.570. The third-order valence-electron chi connectivity index (χ3n) is 6.38. The number of sulfonamides is 2. The summed E-state index contributed by atoms with van der Waals surface area (Å²) < 4.78 is 52.0. The fourth-order valence-corrected chi connectivity index (χ4v) is 6.22. The van der Waals surface area contributed by atoms with Crippen molar-refractivity contribution in [3.05, 3.63) is 75.8 Å². The first kappa shape index (κ1) is 25.2. The molecule has 186 valence electrons. The summed E-state index contributed by atoms with van der Waals surface area (Å²) >= 11 is 0. The molecule has 0 saturated carbocycles. The number of primary sulfonamides is 1. The van der Waals surface area contributed by atoms with Crippen molar-refractivity contribution < 1.29 is 26.4 Å². The number of ketones is 2. The van der Waals surface area contributed by atoms with Gasteiger partial charge in [-0.15, -0.1) is 0 Å². The monoisotopic (exact) mass is 517 g/mol. The van der Waals surface area contributed by atoms with E-state index < -0.39 is 36.5 Å². The number of rotatable bonds is 7. The number of nitrogens with one attached hydrogen (secondary N) is 1. The molecule has 11 heteroatoms. The van der Waals surface area contributed by atoms with Crippen molar-refractivity contribution >= 4 is 31.6 Å². The van der Waals surface area contributed by atoms with E-state index in [0.717, 1.165) is 12.8 Å². The normalized spacial score (nSPS) is 17.6. The van der Waals surface area contributed by atoms with Crippen LogP contribution in [0.2, 0.25) is 0 Å². The van der Waals surface area contributed by atoms with E-state index in [4.69, 9.17) is 5.14 Å². The second-order valence-electron chi connectivity index (χ2n) is 8.89. The van der Waals surface area contributed by atoms with Crippen LogP contribution in [0.5, 0.6) is 0 Å². The first-order valence-corrected chi connectivity index (χ1v) is 14.3. The molecule has 0 bridgehead atoms. The highest BCUT2D eigenvalue weighted by Crippen LogP contribution is 2.33. The van der Waals surface area contributed by atoms with Gasteiger partial charge in [-0.2, -0.15) is 0 Å². The smallest absolute Gasteiger partial charge is 0.246 e. The second kappa shape index (κ2) is 9.65. The summed E-state index contributed by atoms with van der Waals surface area (Å²) in [6.45, 7) is 3.04. The van der Waals surface area contributed by atoms with Crippen LogP contribution in [0.15, 0.2) is 64.0 Å². The van der Waals surface area contributed by atoms with Crippen LogP contribution < -0.4 is 9.86 Å². The van der Waals surface area contributed by atoms with Crippen molar-refractivity contribution in [2.24, 2.45) is 11.1 Å². The average molecular weight is 518 g/mol. The largest absolute Gasteiger partial charge is 0.367 e. The summed E-state index contributed by atoms with van der Waals surface area (Å²) in [6, 6.07) is 12.0. The Morgan fingerprint density at radius 3 is 2.06 bits per heavy atom. The lowest BCUT2D eigenvalue weighted by Crippen LogP contribution is -2.42. The van der Waals surface area contributed by atoms with Gasteiger partial charge in [-0.25, -0.2) is 26.7 Å². The number of hydrogen-bond acceptors (Lipinski definition) is 7. The molecule has 35 heavy (non-hydrogen) atoms. The van der Waals surface area contributed by atoms with Crippen LogP contribution in [-0.4, -0.2) is 52.9 Å². The number of Topliss-reactive ketones (excluding diaryl/α,β-unsaturated/α-hetero) is 2. The molecule has 2 aromatic rings. The van der Waals surface area contributed by atoms with Crippen molar-refractivity contribution in [2.75, 3.05) is 19.6 Å². The molecular weight excluding hydrogens is 490 g/mol. The number of carbonyl (C=O) groups is 2. The van der Waals surface area contributed by atoms with Gasteiger partial charge in [0.15, 0.2) is 4.91 Å². The maximum atomic E-state index is 13.4. The molecule has 0 atom stereocenters. The molecule has 0 radical (unpaired) electrons. The molecule has 9 nitrogen and oxygen atoms in total. The Labute approximate surface area is 205 Å². The zero-order chi connectivity index (χ0) is 25.4. The van der Waals surface area contributed by atoms with E-state index in [1.54, 1.807) is 35.2 Å². The summed E-state index contributed by atoms with van der Waals surface area (Å²) in [4.78, 5) is 27.9. The van der Waals surface area contributed by atoms with E-state index >= 15 is 0 Å². The standard InChI is InChI=1S/C24H27N3O6S2/c1-16-11-14-27(15-12-16)21-22(28)19-4-2-3-5-20(19)23(29)24(21)35(32,33)26-13-10-17-6-8-18(9-7-17)34(25,30)31/h2-9,16,26H,10-15H2,1H3,(H2,25,30,31). The van der Waals surface area contributed by atoms with Crippen molar-refractivity contribution in [2.45, 2.75) is 31.1 Å².